The number of ether oxygens (including phenoxy) is 1. The van der Waals surface area contributed by atoms with E-state index < -0.39 is 11.6 Å². The van der Waals surface area contributed by atoms with Gasteiger partial charge in [-0.1, -0.05) is 6.07 Å². The van der Waals surface area contributed by atoms with E-state index in [1.54, 1.807) is 0 Å². The first kappa shape index (κ1) is 12.4. The van der Waals surface area contributed by atoms with Crippen molar-refractivity contribution in [1.82, 2.24) is 5.32 Å². The van der Waals surface area contributed by atoms with Crippen molar-refractivity contribution < 1.29 is 13.5 Å². The van der Waals surface area contributed by atoms with E-state index in [2.05, 4.69) is 5.32 Å². The standard InChI is InChI=1S/C10H11F2NO.ClH/c11-7-2-1-3-8(12)10(7)9-6-14-5-4-13-9;/h1-3,9,13H,4-6H2;1H/t9-;/m1./s1. The van der Waals surface area contributed by atoms with Gasteiger partial charge in [0.05, 0.1) is 19.3 Å². The normalized spacial score (nSPS) is 20.8. The molecule has 1 aromatic carbocycles. The molecule has 15 heavy (non-hydrogen) atoms. The third kappa shape index (κ3) is 2.65. The first-order valence-corrected chi connectivity index (χ1v) is 4.54. The Balaban J connectivity index is 0.00000112. The summed E-state index contributed by atoms with van der Waals surface area (Å²) in [7, 11) is 0. The van der Waals surface area contributed by atoms with Crippen LogP contribution < -0.4 is 5.32 Å². The second-order valence-electron chi connectivity index (χ2n) is 3.22. The molecule has 1 aromatic rings. The van der Waals surface area contributed by atoms with Crippen molar-refractivity contribution in [3.05, 3.63) is 35.4 Å². The second-order valence-corrected chi connectivity index (χ2v) is 3.22. The maximum Gasteiger partial charge on any atom is 0.131 e. The van der Waals surface area contributed by atoms with Crippen LogP contribution in [0.15, 0.2) is 18.2 Å². The summed E-state index contributed by atoms with van der Waals surface area (Å²) in [5.74, 6) is -1.04. The average Bonchev–Trinajstić information content (AvgIpc) is 2.19. The minimum atomic E-state index is -0.520. The summed E-state index contributed by atoms with van der Waals surface area (Å²) in [5, 5.41) is 3.01. The fourth-order valence-electron chi connectivity index (χ4n) is 1.59. The highest BCUT2D eigenvalue weighted by atomic mass is 35.5. The molecule has 5 heteroatoms. The van der Waals surface area contributed by atoms with Gasteiger partial charge >= 0.3 is 0 Å². The summed E-state index contributed by atoms with van der Waals surface area (Å²) in [6, 6.07) is 3.51. The van der Waals surface area contributed by atoms with Gasteiger partial charge in [0.2, 0.25) is 0 Å². The van der Waals surface area contributed by atoms with Gasteiger partial charge in [-0.3, -0.25) is 0 Å². The highest BCUT2D eigenvalue weighted by Crippen LogP contribution is 2.22. The second kappa shape index (κ2) is 5.39. The molecule has 1 fully saturated rings. The smallest absolute Gasteiger partial charge is 0.131 e. The van der Waals surface area contributed by atoms with Gasteiger partial charge in [0.1, 0.15) is 11.6 Å². The molecular weight excluding hydrogens is 224 g/mol. The third-order valence-corrected chi connectivity index (χ3v) is 2.27. The Morgan fingerprint density at radius 1 is 1.27 bits per heavy atom. The quantitative estimate of drug-likeness (QED) is 0.805. The Labute approximate surface area is 93.0 Å². The highest BCUT2D eigenvalue weighted by molar-refractivity contribution is 5.85. The van der Waals surface area contributed by atoms with Crippen molar-refractivity contribution in [3.63, 3.8) is 0 Å². The van der Waals surface area contributed by atoms with Crippen LogP contribution in [0.5, 0.6) is 0 Å². The number of nitrogens with one attached hydrogen (secondary N) is 1. The Bertz CT molecular complexity index is 309. The van der Waals surface area contributed by atoms with Gasteiger partial charge in [-0.05, 0) is 12.1 Å². The van der Waals surface area contributed by atoms with E-state index in [9.17, 15) is 8.78 Å². The number of benzene rings is 1. The molecule has 0 amide bonds. The van der Waals surface area contributed by atoms with Gasteiger partial charge in [-0.15, -0.1) is 12.4 Å². The lowest BCUT2D eigenvalue weighted by molar-refractivity contribution is 0.0745. The maximum atomic E-state index is 13.3. The zero-order valence-corrected chi connectivity index (χ0v) is 8.82. The lowest BCUT2D eigenvalue weighted by Gasteiger charge is -2.24. The molecule has 0 aliphatic carbocycles. The fraction of sp³-hybridized carbons (Fsp3) is 0.400. The zero-order valence-electron chi connectivity index (χ0n) is 8.00. The summed E-state index contributed by atoms with van der Waals surface area (Å²) in [5.41, 5.74) is 0.0761. The predicted molar refractivity (Wildman–Crippen MR) is 55.2 cm³/mol. The van der Waals surface area contributed by atoms with Crippen LogP contribution in [0.25, 0.3) is 0 Å². The molecule has 0 unspecified atom stereocenters. The Morgan fingerprint density at radius 2 is 1.93 bits per heavy atom. The van der Waals surface area contributed by atoms with Crippen LogP contribution in [0.1, 0.15) is 11.6 Å². The van der Waals surface area contributed by atoms with Gasteiger partial charge in [-0.2, -0.15) is 0 Å². The van der Waals surface area contributed by atoms with Crippen LogP contribution in [0.2, 0.25) is 0 Å². The molecule has 0 saturated carbocycles. The molecule has 0 bridgehead atoms. The molecule has 0 aromatic heterocycles. The third-order valence-electron chi connectivity index (χ3n) is 2.27. The van der Waals surface area contributed by atoms with Gasteiger partial charge in [0, 0.05) is 12.1 Å². The van der Waals surface area contributed by atoms with Gasteiger partial charge in [0.25, 0.3) is 0 Å². The summed E-state index contributed by atoms with van der Waals surface area (Å²) in [6.07, 6.45) is 0. The molecule has 1 aliphatic rings. The molecule has 1 atom stereocenters. The lowest BCUT2D eigenvalue weighted by atomic mass is 10.1. The van der Waals surface area contributed by atoms with E-state index >= 15 is 0 Å². The van der Waals surface area contributed by atoms with E-state index in [0.717, 1.165) is 0 Å². The topological polar surface area (TPSA) is 21.3 Å². The summed E-state index contributed by atoms with van der Waals surface area (Å²) in [6.45, 7) is 1.53. The summed E-state index contributed by atoms with van der Waals surface area (Å²) >= 11 is 0. The molecule has 1 heterocycles. The van der Waals surface area contributed by atoms with Crippen molar-refractivity contribution in [2.75, 3.05) is 19.8 Å². The Morgan fingerprint density at radius 3 is 2.47 bits per heavy atom. The van der Waals surface area contributed by atoms with Crippen molar-refractivity contribution in [3.8, 4) is 0 Å². The van der Waals surface area contributed by atoms with E-state index in [1.807, 2.05) is 0 Å². The van der Waals surface area contributed by atoms with Crippen LogP contribution in [0.4, 0.5) is 8.78 Å². The van der Waals surface area contributed by atoms with Crippen molar-refractivity contribution in [2.45, 2.75) is 6.04 Å². The minimum Gasteiger partial charge on any atom is -0.378 e. The number of rotatable bonds is 1. The molecule has 0 radical (unpaired) electrons. The van der Waals surface area contributed by atoms with Crippen LogP contribution >= 0.6 is 12.4 Å². The van der Waals surface area contributed by atoms with Gasteiger partial charge in [-0.25, -0.2) is 8.78 Å². The monoisotopic (exact) mass is 235 g/mol. The first-order valence-electron chi connectivity index (χ1n) is 4.54. The molecule has 2 nitrogen and oxygen atoms in total. The predicted octanol–water partition coefficient (Wildman–Crippen LogP) is 2.05. The first-order chi connectivity index (χ1) is 6.79. The Hall–Kier alpha value is -0.710. The van der Waals surface area contributed by atoms with Crippen molar-refractivity contribution in [1.29, 1.82) is 0 Å². The van der Waals surface area contributed by atoms with Crippen LogP contribution in [0.3, 0.4) is 0 Å². The van der Waals surface area contributed by atoms with E-state index in [-0.39, 0.29) is 24.0 Å². The SMILES string of the molecule is Cl.Fc1cccc(F)c1[C@H]1COCCN1. The molecule has 2 rings (SSSR count). The molecule has 84 valence electrons. The fourth-order valence-corrected chi connectivity index (χ4v) is 1.59. The van der Waals surface area contributed by atoms with Crippen molar-refractivity contribution in [2.24, 2.45) is 0 Å². The maximum absolute atomic E-state index is 13.3. The number of hydrogen-bond acceptors (Lipinski definition) is 2. The van der Waals surface area contributed by atoms with Crippen LogP contribution in [0, 0.1) is 11.6 Å². The van der Waals surface area contributed by atoms with Gasteiger partial charge < -0.3 is 10.1 Å². The highest BCUT2D eigenvalue weighted by Gasteiger charge is 2.21. The van der Waals surface area contributed by atoms with Crippen LogP contribution in [-0.4, -0.2) is 19.8 Å². The van der Waals surface area contributed by atoms with E-state index in [1.165, 1.54) is 18.2 Å². The molecule has 0 spiro atoms. The number of halogens is 3. The zero-order chi connectivity index (χ0) is 9.97. The average molecular weight is 236 g/mol. The van der Waals surface area contributed by atoms with Crippen LogP contribution in [-0.2, 0) is 4.74 Å². The molecule has 1 N–H and O–H groups in total. The van der Waals surface area contributed by atoms with E-state index in [4.69, 9.17) is 4.74 Å². The van der Waals surface area contributed by atoms with E-state index in [0.29, 0.717) is 19.8 Å². The molecular formula is C10H12ClF2NO. The van der Waals surface area contributed by atoms with Crippen molar-refractivity contribution >= 4 is 12.4 Å². The van der Waals surface area contributed by atoms with Gasteiger partial charge in [0.15, 0.2) is 0 Å². The summed E-state index contributed by atoms with van der Waals surface area (Å²) in [4.78, 5) is 0. The minimum absolute atomic E-state index is 0. The largest absolute Gasteiger partial charge is 0.378 e. The molecule has 1 aliphatic heterocycles. The number of morpholine rings is 1. The molecule has 1 saturated heterocycles. The summed E-state index contributed by atoms with van der Waals surface area (Å²) < 4.78 is 31.7. The Kier molecular flexibility index (Phi) is 4.45. The number of hydrogen-bond donors (Lipinski definition) is 1. The lowest BCUT2D eigenvalue weighted by Crippen LogP contribution is -2.35.